The highest BCUT2D eigenvalue weighted by Gasteiger charge is 2.07. The molecule has 3 aromatic rings. The highest BCUT2D eigenvalue weighted by Crippen LogP contribution is 2.11. The predicted molar refractivity (Wildman–Crippen MR) is 97.7 cm³/mol. The molecular weight excluding hydrogens is 336 g/mol. The SMILES string of the molecule is O=C(CCNC(=O)c1cccs1)Nc1ccc(Cn2cccn2)cc1. The third kappa shape index (κ3) is 5.02. The summed E-state index contributed by atoms with van der Waals surface area (Å²) < 4.78 is 1.84. The maximum absolute atomic E-state index is 11.9. The summed E-state index contributed by atoms with van der Waals surface area (Å²) in [5.74, 6) is -0.280. The number of anilines is 1. The van der Waals surface area contributed by atoms with Crippen molar-refractivity contribution in [3.8, 4) is 0 Å². The average molecular weight is 354 g/mol. The van der Waals surface area contributed by atoms with Gasteiger partial charge in [0.15, 0.2) is 0 Å². The lowest BCUT2D eigenvalue weighted by atomic mass is 10.2. The van der Waals surface area contributed by atoms with E-state index in [0.29, 0.717) is 18.0 Å². The number of nitrogens with one attached hydrogen (secondary N) is 2. The molecule has 2 N–H and O–H groups in total. The Balaban J connectivity index is 1.42. The van der Waals surface area contributed by atoms with Gasteiger partial charge in [0, 0.05) is 31.0 Å². The van der Waals surface area contributed by atoms with Crippen LogP contribution in [0.1, 0.15) is 21.7 Å². The molecule has 0 aliphatic carbocycles. The third-order valence-corrected chi connectivity index (χ3v) is 4.39. The van der Waals surface area contributed by atoms with Gasteiger partial charge >= 0.3 is 0 Å². The van der Waals surface area contributed by atoms with Gasteiger partial charge in [-0.2, -0.15) is 5.10 Å². The van der Waals surface area contributed by atoms with Gasteiger partial charge in [-0.15, -0.1) is 11.3 Å². The first-order valence-electron chi connectivity index (χ1n) is 7.88. The molecule has 2 aromatic heterocycles. The molecule has 2 heterocycles. The number of aromatic nitrogens is 2. The maximum atomic E-state index is 11.9. The number of rotatable bonds is 7. The summed E-state index contributed by atoms with van der Waals surface area (Å²) in [6.07, 6.45) is 3.87. The number of carbonyl (C=O) groups is 2. The minimum Gasteiger partial charge on any atom is -0.351 e. The number of nitrogens with zero attached hydrogens (tertiary/aromatic N) is 2. The van der Waals surface area contributed by atoms with E-state index in [1.807, 2.05) is 52.7 Å². The molecule has 0 saturated heterocycles. The summed E-state index contributed by atoms with van der Waals surface area (Å²) in [6.45, 7) is 0.996. The fourth-order valence-electron chi connectivity index (χ4n) is 2.28. The number of carbonyl (C=O) groups excluding carboxylic acids is 2. The first-order chi connectivity index (χ1) is 12.2. The Morgan fingerprint density at radius 1 is 1.12 bits per heavy atom. The number of hydrogen-bond acceptors (Lipinski definition) is 4. The van der Waals surface area contributed by atoms with Crippen molar-refractivity contribution in [2.45, 2.75) is 13.0 Å². The van der Waals surface area contributed by atoms with Crippen molar-refractivity contribution in [3.05, 3.63) is 70.7 Å². The monoisotopic (exact) mass is 354 g/mol. The normalized spacial score (nSPS) is 10.4. The molecule has 0 atom stereocenters. The highest BCUT2D eigenvalue weighted by atomic mass is 32.1. The molecule has 0 aliphatic heterocycles. The lowest BCUT2D eigenvalue weighted by molar-refractivity contribution is -0.116. The molecule has 6 nitrogen and oxygen atoms in total. The largest absolute Gasteiger partial charge is 0.351 e. The minimum absolute atomic E-state index is 0.133. The van der Waals surface area contributed by atoms with Crippen LogP contribution in [-0.4, -0.2) is 28.1 Å². The second-order valence-electron chi connectivity index (χ2n) is 5.43. The van der Waals surface area contributed by atoms with Gasteiger partial charge < -0.3 is 10.6 Å². The molecule has 0 unspecified atom stereocenters. The van der Waals surface area contributed by atoms with Gasteiger partial charge in [0.05, 0.1) is 11.4 Å². The van der Waals surface area contributed by atoms with Crippen LogP contribution in [0.5, 0.6) is 0 Å². The van der Waals surface area contributed by atoms with Crippen LogP contribution in [0.2, 0.25) is 0 Å². The van der Waals surface area contributed by atoms with E-state index < -0.39 is 0 Å². The van der Waals surface area contributed by atoms with E-state index in [4.69, 9.17) is 0 Å². The molecule has 0 spiro atoms. The minimum atomic E-state index is -0.147. The maximum Gasteiger partial charge on any atom is 0.261 e. The molecule has 3 rings (SSSR count). The molecule has 2 amide bonds. The molecule has 0 saturated carbocycles. The summed E-state index contributed by atoms with van der Waals surface area (Å²) in [7, 11) is 0. The van der Waals surface area contributed by atoms with Crippen molar-refractivity contribution in [1.82, 2.24) is 15.1 Å². The van der Waals surface area contributed by atoms with Crippen LogP contribution in [0, 0.1) is 0 Å². The zero-order valence-corrected chi connectivity index (χ0v) is 14.3. The van der Waals surface area contributed by atoms with Crippen LogP contribution in [0.15, 0.2) is 60.2 Å². The van der Waals surface area contributed by atoms with Crippen LogP contribution in [0.25, 0.3) is 0 Å². The fraction of sp³-hybridized carbons (Fsp3) is 0.167. The van der Waals surface area contributed by atoms with Crippen molar-refractivity contribution >= 4 is 28.8 Å². The zero-order valence-electron chi connectivity index (χ0n) is 13.5. The standard InChI is InChI=1S/C18H18N4O2S/c23-17(8-10-19-18(24)16-3-1-12-25-16)21-15-6-4-14(5-7-15)13-22-11-2-9-20-22/h1-7,9,11-12H,8,10,13H2,(H,19,24)(H,21,23). The molecule has 0 bridgehead atoms. The van der Waals surface area contributed by atoms with Crippen molar-refractivity contribution in [2.24, 2.45) is 0 Å². The Morgan fingerprint density at radius 3 is 2.64 bits per heavy atom. The quantitative estimate of drug-likeness (QED) is 0.685. The lowest BCUT2D eigenvalue weighted by Crippen LogP contribution is -2.27. The molecule has 0 radical (unpaired) electrons. The molecule has 7 heteroatoms. The van der Waals surface area contributed by atoms with Crippen LogP contribution in [0.3, 0.4) is 0 Å². The van der Waals surface area contributed by atoms with Crippen LogP contribution in [0.4, 0.5) is 5.69 Å². The Bertz CT molecular complexity index is 811. The molecule has 1 aromatic carbocycles. The van der Waals surface area contributed by atoms with E-state index >= 15 is 0 Å². The lowest BCUT2D eigenvalue weighted by Gasteiger charge is -2.07. The van der Waals surface area contributed by atoms with Crippen LogP contribution in [-0.2, 0) is 11.3 Å². The van der Waals surface area contributed by atoms with Gasteiger partial charge in [-0.05, 0) is 35.2 Å². The highest BCUT2D eigenvalue weighted by molar-refractivity contribution is 7.12. The van der Waals surface area contributed by atoms with E-state index in [1.54, 1.807) is 12.3 Å². The van der Waals surface area contributed by atoms with E-state index in [2.05, 4.69) is 15.7 Å². The van der Waals surface area contributed by atoms with Gasteiger partial charge in [-0.25, -0.2) is 0 Å². The summed E-state index contributed by atoms with van der Waals surface area (Å²) in [5, 5.41) is 11.6. The van der Waals surface area contributed by atoms with E-state index in [1.165, 1.54) is 11.3 Å². The van der Waals surface area contributed by atoms with Gasteiger partial charge in [-0.1, -0.05) is 18.2 Å². The number of benzene rings is 1. The van der Waals surface area contributed by atoms with Crippen molar-refractivity contribution < 1.29 is 9.59 Å². The number of hydrogen-bond donors (Lipinski definition) is 2. The topological polar surface area (TPSA) is 76.0 Å². The average Bonchev–Trinajstić information content (AvgIpc) is 3.30. The Labute approximate surface area is 149 Å². The van der Waals surface area contributed by atoms with E-state index in [0.717, 1.165) is 11.3 Å². The van der Waals surface area contributed by atoms with Gasteiger partial charge in [0.25, 0.3) is 5.91 Å². The summed E-state index contributed by atoms with van der Waals surface area (Å²) in [6, 6.07) is 13.1. The third-order valence-electron chi connectivity index (χ3n) is 3.52. The molecular formula is C18H18N4O2S. The number of amides is 2. The van der Waals surface area contributed by atoms with Crippen LogP contribution >= 0.6 is 11.3 Å². The zero-order chi connectivity index (χ0) is 17.5. The van der Waals surface area contributed by atoms with Crippen LogP contribution < -0.4 is 10.6 Å². The molecule has 0 fully saturated rings. The van der Waals surface area contributed by atoms with E-state index in [9.17, 15) is 9.59 Å². The first kappa shape index (κ1) is 16.9. The summed E-state index contributed by atoms with van der Waals surface area (Å²) >= 11 is 1.38. The molecule has 0 aliphatic rings. The van der Waals surface area contributed by atoms with Crippen molar-refractivity contribution in [3.63, 3.8) is 0 Å². The van der Waals surface area contributed by atoms with Gasteiger partial charge in [-0.3, -0.25) is 14.3 Å². The van der Waals surface area contributed by atoms with Gasteiger partial charge in [0.2, 0.25) is 5.91 Å². The summed E-state index contributed by atoms with van der Waals surface area (Å²) in [5.41, 5.74) is 1.84. The smallest absolute Gasteiger partial charge is 0.261 e. The second kappa shape index (κ2) is 8.25. The molecule has 128 valence electrons. The van der Waals surface area contributed by atoms with Crippen molar-refractivity contribution in [2.75, 3.05) is 11.9 Å². The fourth-order valence-corrected chi connectivity index (χ4v) is 2.92. The predicted octanol–water partition coefficient (Wildman–Crippen LogP) is 2.75. The Kier molecular flexibility index (Phi) is 5.58. The first-order valence-corrected chi connectivity index (χ1v) is 8.76. The summed E-state index contributed by atoms with van der Waals surface area (Å²) in [4.78, 5) is 24.4. The molecule has 25 heavy (non-hydrogen) atoms. The van der Waals surface area contributed by atoms with Gasteiger partial charge in [0.1, 0.15) is 0 Å². The Morgan fingerprint density at radius 2 is 1.96 bits per heavy atom. The Hall–Kier alpha value is -2.93. The van der Waals surface area contributed by atoms with E-state index in [-0.39, 0.29) is 18.2 Å². The second-order valence-corrected chi connectivity index (χ2v) is 6.38. The number of thiophene rings is 1. The van der Waals surface area contributed by atoms with Crippen molar-refractivity contribution in [1.29, 1.82) is 0 Å².